The summed E-state index contributed by atoms with van der Waals surface area (Å²) in [5, 5.41) is 0. The zero-order chi connectivity index (χ0) is 5.11. The molecule has 0 atom stereocenters. The molecule has 0 bridgehead atoms. The van der Waals surface area contributed by atoms with Crippen LogP contribution in [0.2, 0.25) is 0 Å². The number of aryl methyl sites for hydroxylation is 1. The van der Waals surface area contributed by atoms with Crippen molar-refractivity contribution >= 4 is 6.34 Å². The van der Waals surface area contributed by atoms with Crippen molar-refractivity contribution in [1.29, 1.82) is 0 Å². The van der Waals surface area contributed by atoms with E-state index in [0.29, 0.717) is 6.34 Å². The topological polar surface area (TPSA) is 0 Å². The van der Waals surface area contributed by atoms with Gasteiger partial charge in [-0.05, 0) is 0 Å². The van der Waals surface area contributed by atoms with Gasteiger partial charge in [-0.2, -0.15) is 0 Å². The van der Waals surface area contributed by atoms with Crippen LogP contribution in [0, 0.1) is 0 Å². The Morgan fingerprint density at radius 3 is 1.75 bits per heavy atom. The van der Waals surface area contributed by atoms with Gasteiger partial charge in [0.05, 0.1) is 0 Å². The minimum atomic E-state index is 0. The van der Waals surface area contributed by atoms with Crippen LogP contribution in [0.25, 0.3) is 0 Å². The molecule has 2 heteroatoms. The van der Waals surface area contributed by atoms with Crippen LogP contribution in [0.15, 0.2) is 30.1 Å². The van der Waals surface area contributed by atoms with Crippen LogP contribution < -0.4 is 18.9 Å². The minimum absolute atomic E-state index is 0. The van der Waals surface area contributed by atoms with Gasteiger partial charge in [-0.25, -0.2) is 6.82 Å². The van der Waals surface area contributed by atoms with Crippen LogP contribution in [-0.2, 0) is 6.82 Å². The Morgan fingerprint density at radius 2 is 1.50 bits per heavy atom. The SMILES string of the molecule is C[b-]1ccccc1.[Li+]. The van der Waals surface area contributed by atoms with Crippen LogP contribution in [0.4, 0.5) is 0 Å². The Kier molecular flexibility index (Phi) is 3.95. The first-order valence-electron chi connectivity index (χ1n) is 2.58. The van der Waals surface area contributed by atoms with Gasteiger partial charge in [0.2, 0.25) is 0 Å². The van der Waals surface area contributed by atoms with E-state index in [1.165, 1.54) is 0 Å². The van der Waals surface area contributed by atoms with Gasteiger partial charge in [0.15, 0.2) is 0 Å². The van der Waals surface area contributed by atoms with Crippen LogP contribution in [0.3, 0.4) is 0 Å². The quantitative estimate of drug-likeness (QED) is 0.337. The molecule has 0 fully saturated rings. The van der Waals surface area contributed by atoms with E-state index in [1.54, 1.807) is 0 Å². The summed E-state index contributed by atoms with van der Waals surface area (Å²) in [7, 11) is 0. The first-order chi connectivity index (χ1) is 3.39. The molecule has 0 saturated heterocycles. The number of hydrogen-bond acceptors (Lipinski definition) is 0. The fourth-order valence-corrected chi connectivity index (χ4v) is 0.607. The minimum Gasteiger partial charge on any atom is -0.265 e. The van der Waals surface area contributed by atoms with Gasteiger partial charge in [0.1, 0.15) is 0 Å². The average Bonchev–Trinajstić information content (AvgIpc) is 1.69. The Morgan fingerprint density at radius 1 is 1.00 bits per heavy atom. The van der Waals surface area contributed by atoms with Crippen LogP contribution in [0.5, 0.6) is 0 Å². The van der Waals surface area contributed by atoms with Crippen molar-refractivity contribution in [3.8, 4) is 0 Å². The van der Waals surface area contributed by atoms with E-state index in [4.69, 9.17) is 0 Å². The van der Waals surface area contributed by atoms with Gasteiger partial charge in [-0.3, -0.25) is 11.9 Å². The summed E-state index contributed by atoms with van der Waals surface area (Å²) in [6.07, 6.45) is 0.644. The van der Waals surface area contributed by atoms with Crippen molar-refractivity contribution in [2.24, 2.45) is 6.82 Å². The fraction of sp³-hybridized carbons (Fsp3) is 0.167. The number of hydrogen-bond donors (Lipinski definition) is 0. The summed E-state index contributed by atoms with van der Waals surface area (Å²) < 4.78 is 0. The van der Waals surface area contributed by atoms with Gasteiger partial charge < -0.3 is 0 Å². The molecule has 8 heavy (non-hydrogen) atoms. The molecular formula is C6H8BLi. The molecule has 0 radical (unpaired) electrons. The monoisotopic (exact) mass is 98.1 g/mol. The zero-order valence-corrected chi connectivity index (χ0v) is 5.46. The second-order valence-electron chi connectivity index (χ2n) is 1.82. The Hall–Kier alpha value is 0.0123. The van der Waals surface area contributed by atoms with E-state index >= 15 is 0 Å². The first-order valence-corrected chi connectivity index (χ1v) is 2.58. The summed E-state index contributed by atoms with van der Waals surface area (Å²) in [6, 6.07) is 6.19. The van der Waals surface area contributed by atoms with E-state index in [2.05, 4.69) is 30.9 Å². The molecule has 0 nitrogen and oxygen atoms in total. The van der Waals surface area contributed by atoms with Crippen molar-refractivity contribution in [2.45, 2.75) is 0 Å². The van der Waals surface area contributed by atoms with Gasteiger partial charge in [0, 0.05) is 0 Å². The van der Waals surface area contributed by atoms with Crippen molar-refractivity contribution in [3.05, 3.63) is 30.1 Å². The van der Waals surface area contributed by atoms with E-state index in [1.807, 2.05) is 6.07 Å². The molecular weight excluding hydrogens is 89.8 g/mol. The van der Waals surface area contributed by atoms with Crippen molar-refractivity contribution < 1.29 is 18.9 Å². The standard InChI is InChI=1S/C6H8B.Li/c1-7-5-3-2-4-6-7;/h2-6H,1H3;/q-1;+1. The van der Waals surface area contributed by atoms with Crippen LogP contribution >= 0.6 is 0 Å². The van der Waals surface area contributed by atoms with Crippen LogP contribution in [0.1, 0.15) is 0 Å². The Balaban J connectivity index is 0.000000490. The molecule has 0 saturated carbocycles. The van der Waals surface area contributed by atoms with Crippen LogP contribution in [-0.4, -0.2) is 6.34 Å². The van der Waals surface area contributed by atoms with Gasteiger partial charge in [0.25, 0.3) is 0 Å². The molecule has 0 spiro atoms. The largest absolute Gasteiger partial charge is 1.00 e. The zero-order valence-electron chi connectivity index (χ0n) is 5.46. The summed E-state index contributed by atoms with van der Waals surface area (Å²) in [5.74, 6) is 4.33. The third-order valence-electron chi connectivity index (χ3n) is 1.05. The molecule has 0 aliphatic rings. The molecule has 0 aliphatic carbocycles. The van der Waals surface area contributed by atoms with Gasteiger partial charge >= 0.3 is 18.9 Å². The smallest absolute Gasteiger partial charge is 0.265 e. The van der Waals surface area contributed by atoms with E-state index in [-0.39, 0.29) is 18.9 Å². The van der Waals surface area contributed by atoms with E-state index < -0.39 is 0 Å². The second kappa shape index (κ2) is 3.95. The second-order valence-corrected chi connectivity index (χ2v) is 1.82. The Labute approximate surface area is 62.5 Å². The summed E-state index contributed by atoms with van der Waals surface area (Å²) in [4.78, 5) is 0. The van der Waals surface area contributed by atoms with Crippen molar-refractivity contribution in [3.63, 3.8) is 0 Å². The van der Waals surface area contributed by atoms with E-state index in [0.717, 1.165) is 0 Å². The summed E-state index contributed by atoms with van der Waals surface area (Å²) >= 11 is 0. The third kappa shape index (κ3) is 2.35. The molecule has 0 unspecified atom stereocenters. The maximum Gasteiger partial charge on any atom is 1.00 e. The summed E-state index contributed by atoms with van der Waals surface area (Å²) in [6.45, 7) is 2.17. The molecule has 1 aromatic rings. The Bertz CT molecular complexity index is 138. The predicted octanol–water partition coefficient (Wildman–Crippen LogP) is -1.75. The van der Waals surface area contributed by atoms with Gasteiger partial charge in [-0.15, -0.1) is 18.5 Å². The molecule has 1 heterocycles. The molecule has 0 amide bonds. The van der Waals surface area contributed by atoms with E-state index in [9.17, 15) is 0 Å². The first kappa shape index (κ1) is 8.01. The van der Waals surface area contributed by atoms with Crippen molar-refractivity contribution in [1.82, 2.24) is 0 Å². The normalized spacial score (nSPS) is 7.62. The molecule has 0 aliphatic heterocycles. The maximum absolute atomic E-state index is 2.17. The predicted molar refractivity (Wildman–Crippen MR) is 33.4 cm³/mol. The fourth-order valence-electron chi connectivity index (χ4n) is 0.607. The maximum atomic E-state index is 2.17. The average molecular weight is 97.9 g/mol. The molecule has 0 N–H and O–H groups in total. The third-order valence-corrected chi connectivity index (χ3v) is 1.05. The molecule has 36 valence electrons. The molecule has 0 aromatic carbocycles. The van der Waals surface area contributed by atoms with Gasteiger partial charge in [-0.1, -0.05) is 6.07 Å². The summed E-state index contributed by atoms with van der Waals surface area (Å²) in [5.41, 5.74) is 0. The number of rotatable bonds is 0. The van der Waals surface area contributed by atoms with Crippen molar-refractivity contribution in [2.75, 3.05) is 0 Å². The molecule has 1 aromatic heterocycles. The molecule has 1 rings (SSSR count).